The van der Waals surface area contributed by atoms with Crippen LogP contribution in [0.5, 0.6) is 0 Å². The van der Waals surface area contributed by atoms with Crippen LogP contribution in [0, 0.1) is 17.0 Å². The third kappa shape index (κ3) is 3.82. The monoisotopic (exact) mass is 391 g/mol. The molecule has 28 heavy (non-hydrogen) atoms. The number of anilines is 1. The van der Waals surface area contributed by atoms with Gasteiger partial charge in [-0.2, -0.15) is 18.3 Å². The average Bonchev–Trinajstić information content (AvgIpc) is 3.03. The normalized spacial score (nSPS) is 11.3. The minimum absolute atomic E-state index is 0.111. The molecule has 0 atom stereocenters. The molecule has 2 heterocycles. The molecule has 3 rings (SSSR count). The van der Waals surface area contributed by atoms with Gasteiger partial charge in [0.1, 0.15) is 0 Å². The van der Waals surface area contributed by atoms with E-state index in [1.165, 1.54) is 35.1 Å². The number of hydrogen-bond donors (Lipinski definition) is 1. The van der Waals surface area contributed by atoms with Crippen LogP contribution in [0.15, 0.2) is 48.8 Å². The molecule has 1 N–H and O–H groups in total. The van der Waals surface area contributed by atoms with Gasteiger partial charge in [-0.3, -0.25) is 14.9 Å². The molecular formula is C17H12F3N5O3. The van der Waals surface area contributed by atoms with Crippen molar-refractivity contribution in [3.63, 3.8) is 0 Å². The van der Waals surface area contributed by atoms with Crippen molar-refractivity contribution < 1.29 is 22.9 Å². The summed E-state index contributed by atoms with van der Waals surface area (Å²) in [5, 5.41) is 17.3. The molecule has 0 fully saturated rings. The number of amides is 1. The molecule has 3 aromatic rings. The number of nitro groups is 1. The second-order valence-electron chi connectivity index (χ2n) is 5.72. The Hall–Kier alpha value is -3.76. The molecule has 0 bridgehead atoms. The molecule has 11 heteroatoms. The van der Waals surface area contributed by atoms with Gasteiger partial charge >= 0.3 is 6.18 Å². The summed E-state index contributed by atoms with van der Waals surface area (Å²) < 4.78 is 39.1. The summed E-state index contributed by atoms with van der Waals surface area (Å²) in [7, 11) is 0. The number of rotatable bonds is 4. The van der Waals surface area contributed by atoms with Crippen LogP contribution in [0.3, 0.4) is 0 Å². The Morgan fingerprint density at radius 3 is 2.57 bits per heavy atom. The Bertz CT molecular complexity index is 1040. The maximum absolute atomic E-state index is 12.6. The van der Waals surface area contributed by atoms with Crippen molar-refractivity contribution in [3.8, 4) is 5.82 Å². The molecule has 1 aromatic carbocycles. The molecular weight excluding hydrogens is 379 g/mol. The number of alkyl halides is 3. The van der Waals surface area contributed by atoms with Crippen LogP contribution in [0.1, 0.15) is 21.6 Å². The highest BCUT2D eigenvalue weighted by Crippen LogP contribution is 2.29. The third-order valence-corrected chi connectivity index (χ3v) is 3.86. The summed E-state index contributed by atoms with van der Waals surface area (Å²) in [6.45, 7) is 1.55. The fraction of sp³-hybridized carbons (Fsp3) is 0.118. The Kier molecular flexibility index (Phi) is 4.82. The molecule has 0 aliphatic carbocycles. The smallest absolute Gasteiger partial charge is 0.322 e. The van der Waals surface area contributed by atoms with E-state index in [-0.39, 0.29) is 22.8 Å². The van der Waals surface area contributed by atoms with Crippen LogP contribution in [0.4, 0.5) is 24.5 Å². The standard InChI is InChI=1S/C17H12F3N5O3/c1-10-14(16(26)23-12-3-2-4-13(7-12)25(27)28)9-22-24(10)15-6-5-11(8-21-15)17(18,19)20/h2-9H,1H3,(H,23,26). The first kappa shape index (κ1) is 19.0. The van der Waals surface area contributed by atoms with E-state index in [0.717, 1.165) is 12.1 Å². The highest BCUT2D eigenvalue weighted by Gasteiger charge is 2.30. The number of hydrogen-bond acceptors (Lipinski definition) is 5. The Labute approximate surface area is 155 Å². The minimum Gasteiger partial charge on any atom is -0.322 e. The third-order valence-electron chi connectivity index (χ3n) is 3.86. The van der Waals surface area contributed by atoms with Crippen molar-refractivity contribution in [2.75, 3.05) is 5.32 Å². The zero-order valence-electron chi connectivity index (χ0n) is 14.3. The van der Waals surface area contributed by atoms with Crippen molar-refractivity contribution in [2.24, 2.45) is 0 Å². The fourth-order valence-corrected chi connectivity index (χ4v) is 2.44. The topological polar surface area (TPSA) is 103 Å². The van der Waals surface area contributed by atoms with Gasteiger partial charge in [0.05, 0.1) is 27.9 Å². The highest BCUT2D eigenvalue weighted by molar-refractivity contribution is 6.05. The summed E-state index contributed by atoms with van der Waals surface area (Å²) in [5.74, 6) is -0.462. The summed E-state index contributed by atoms with van der Waals surface area (Å²) >= 11 is 0. The molecule has 0 saturated heterocycles. The number of halogens is 3. The number of nitro benzene ring substituents is 1. The number of nitrogens with one attached hydrogen (secondary N) is 1. The lowest BCUT2D eigenvalue weighted by Crippen LogP contribution is -2.13. The average molecular weight is 391 g/mol. The van der Waals surface area contributed by atoms with Crippen molar-refractivity contribution in [3.05, 3.63) is 75.7 Å². The van der Waals surface area contributed by atoms with Crippen LogP contribution in [-0.2, 0) is 6.18 Å². The van der Waals surface area contributed by atoms with Crippen molar-refractivity contribution >= 4 is 17.3 Å². The van der Waals surface area contributed by atoms with E-state index in [9.17, 15) is 28.1 Å². The zero-order valence-corrected chi connectivity index (χ0v) is 14.3. The van der Waals surface area contributed by atoms with Crippen LogP contribution in [0.25, 0.3) is 5.82 Å². The van der Waals surface area contributed by atoms with Gasteiger partial charge in [-0.25, -0.2) is 9.67 Å². The van der Waals surface area contributed by atoms with Gasteiger partial charge < -0.3 is 5.32 Å². The zero-order chi connectivity index (χ0) is 20.5. The number of carbonyl (C=O) groups excluding carboxylic acids is 1. The first-order chi connectivity index (χ1) is 13.2. The van der Waals surface area contributed by atoms with Crippen LogP contribution in [0.2, 0.25) is 0 Å². The van der Waals surface area contributed by atoms with Crippen LogP contribution >= 0.6 is 0 Å². The Balaban J connectivity index is 1.83. The van der Waals surface area contributed by atoms with Crippen molar-refractivity contribution in [2.45, 2.75) is 13.1 Å². The molecule has 0 aliphatic heterocycles. The fourth-order valence-electron chi connectivity index (χ4n) is 2.44. The van der Waals surface area contributed by atoms with E-state index < -0.39 is 22.6 Å². The molecule has 144 valence electrons. The second kappa shape index (κ2) is 7.10. The van der Waals surface area contributed by atoms with E-state index in [1.807, 2.05) is 0 Å². The molecule has 0 unspecified atom stereocenters. The lowest BCUT2D eigenvalue weighted by atomic mass is 10.2. The molecule has 0 spiro atoms. The Morgan fingerprint density at radius 1 is 1.21 bits per heavy atom. The van der Waals surface area contributed by atoms with Gasteiger partial charge in [0, 0.05) is 24.0 Å². The summed E-state index contributed by atoms with van der Waals surface area (Å²) in [6.07, 6.45) is -2.59. The van der Waals surface area contributed by atoms with Gasteiger partial charge in [-0.1, -0.05) is 6.07 Å². The van der Waals surface area contributed by atoms with Gasteiger partial charge in [0.15, 0.2) is 5.82 Å². The molecule has 0 saturated carbocycles. The molecule has 2 aromatic heterocycles. The number of carbonyl (C=O) groups is 1. The number of nitrogens with zero attached hydrogens (tertiary/aromatic N) is 4. The first-order valence-electron chi connectivity index (χ1n) is 7.81. The number of pyridine rings is 1. The molecule has 0 radical (unpaired) electrons. The van der Waals surface area contributed by atoms with Crippen molar-refractivity contribution in [1.29, 1.82) is 0 Å². The molecule has 1 amide bonds. The molecule has 8 nitrogen and oxygen atoms in total. The predicted molar refractivity (Wildman–Crippen MR) is 92.1 cm³/mol. The second-order valence-corrected chi connectivity index (χ2v) is 5.72. The number of benzene rings is 1. The highest BCUT2D eigenvalue weighted by atomic mass is 19.4. The van der Waals surface area contributed by atoms with Gasteiger partial charge in [-0.15, -0.1) is 0 Å². The van der Waals surface area contributed by atoms with Gasteiger partial charge in [-0.05, 0) is 25.1 Å². The van der Waals surface area contributed by atoms with E-state index in [1.54, 1.807) is 6.92 Å². The minimum atomic E-state index is -4.51. The predicted octanol–water partition coefficient (Wildman–Crippen LogP) is 3.76. The van der Waals surface area contributed by atoms with Gasteiger partial charge in [0.2, 0.25) is 0 Å². The summed E-state index contributed by atoms with van der Waals surface area (Å²) in [6, 6.07) is 7.42. The number of non-ortho nitro benzene ring substituents is 1. The van der Waals surface area contributed by atoms with E-state index >= 15 is 0 Å². The van der Waals surface area contributed by atoms with E-state index in [0.29, 0.717) is 11.9 Å². The van der Waals surface area contributed by atoms with E-state index in [2.05, 4.69) is 15.4 Å². The maximum atomic E-state index is 12.6. The van der Waals surface area contributed by atoms with E-state index in [4.69, 9.17) is 0 Å². The SMILES string of the molecule is Cc1c(C(=O)Nc2cccc([N+](=O)[O-])c2)cnn1-c1ccc(C(F)(F)F)cn1. The number of aromatic nitrogens is 3. The van der Waals surface area contributed by atoms with Crippen LogP contribution in [-0.4, -0.2) is 25.6 Å². The van der Waals surface area contributed by atoms with Crippen molar-refractivity contribution in [1.82, 2.24) is 14.8 Å². The maximum Gasteiger partial charge on any atom is 0.417 e. The quantitative estimate of drug-likeness (QED) is 0.539. The lowest BCUT2D eigenvalue weighted by Gasteiger charge is -2.08. The summed E-state index contributed by atoms with van der Waals surface area (Å²) in [4.78, 5) is 26.4. The van der Waals surface area contributed by atoms with Gasteiger partial charge in [0.25, 0.3) is 11.6 Å². The summed E-state index contributed by atoms with van der Waals surface area (Å²) in [5.41, 5.74) is -0.369. The molecule has 0 aliphatic rings. The largest absolute Gasteiger partial charge is 0.417 e. The Morgan fingerprint density at radius 2 is 1.96 bits per heavy atom. The van der Waals surface area contributed by atoms with Crippen LogP contribution < -0.4 is 5.32 Å². The first-order valence-corrected chi connectivity index (χ1v) is 7.81. The lowest BCUT2D eigenvalue weighted by molar-refractivity contribution is -0.384.